The molecule has 0 fully saturated rings. The van der Waals surface area contributed by atoms with Crippen molar-refractivity contribution in [3.8, 4) is 0 Å². The molecule has 0 aliphatic rings. The van der Waals surface area contributed by atoms with Gasteiger partial charge in [0.05, 0.1) is 5.02 Å². The zero-order valence-electron chi connectivity index (χ0n) is 10.6. The van der Waals surface area contributed by atoms with Crippen LogP contribution < -0.4 is 5.32 Å². The molecule has 1 amide bonds. The lowest BCUT2D eigenvalue weighted by molar-refractivity contribution is 0.0933. The number of carbonyl (C=O) groups is 1. The van der Waals surface area contributed by atoms with Crippen molar-refractivity contribution in [2.45, 2.75) is 25.8 Å². The number of aliphatic hydroxyl groups excluding tert-OH is 1. The Hall–Kier alpha value is -1.10. The second-order valence-corrected chi connectivity index (χ2v) is 5.76. The van der Waals surface area contributed by atoms with Gasteiger partial charge in [0.15, 0.2) is 0 Å². The third-order valence-corrected chi connectivity index (χ3v) is 4.72. The third-order valence-electron chi connectivity index (χ3n) is 3.05. The van der Waals surface area contributed by atoms with Gasteiger partial charge in [-0.3, -0.25) is 4.79 Å². The van der Waals surface area contributed by atoms with E-state index < -0.39 is 0 Å². The summed E-state index contributed by atoms with van der Waals surface area (Å²) >= 11 is 7.65. The smallest absolute Gasteiger partial charge is 0.263 e. The Morgan fingerprint density at radius 3 is 2.84 bits per heavy atom. The second-order valence-electron chi connectivity index (χ2n) is 4.33. The van der Waals surface area contributed by atoms with Gasteiger partial charge in [-0.15, -0.1) is 11.3 Å². The molecule has 0 spiro atoms. The summed E-state index contributed by atoms with van der Waals surface area (Å²) in [5.41, 5.74) is 0. The number of amides is 1. The van der Waals surface area contributed by atoms with Gasteiger partial charge in [-0.05, 0) is 18.9 Å². The number of halogens is 1. The van der Waals surface area contributed by atoms with Gasteiger partial charge in [-0.2, -0.15) is 0 Å². The van der Waals surface area contributed by atoms with Crippen LogP contribution in [0.5, 0.6) is 0 Å². The molecule has 102 valence electrons. The highest BCUT2D eigenvalue weighted by Gasteiger charge is 2.19. The molecule has 1 aromatic heterocycles. The van der Waals surface area contributed by atoms with Crippen molar-refractivity contribution in [3.63, 3.8) is 0 Å². The van der Waals surface area contributed by atoms with Crippen LogP contribution in [0.2, 0.25) is 5.02 Å². The summed E-state index contributed by atoms with van der Waals surface area (Å²) in [4.78, 5) is 12.8. The minimum atomic E-state index is -0.161. The largest absolute Gasteiger partial charge is 0.396 e. The zero-order valence-corrected chi connectivity index (χ0v) is 12.2. The number of carbonyl (C=O) groups excluding carboxylic acids is 1. The van der Waals surface area contributed by atoms with Crippen molar-refractivity contribution in [1.82, 2.24) is 5.32 Å². The molecule has 3 nitrogen and oxygen atoms in total. The van der Waals surface area contributed by atoms with E-state index in [0.717, 1.165) is 16.5 Å². The van der Waals surface area contributed by atoms with E-state index in [2.05, 4.69) is 5.32 Å². The molecule has 0 aliphatic heterocycles. The highest BCUT2D eigenvalue weighted by atomic mass is 35.5. The molecule has 19 heavy (non-hydrogen) atoms. The molecule has 5 heteroatoms. The monoisotopic (exact) mass is 297 g/mol. The molecule has 1 unspecified atom stereocenters. The highest BCUT2D eigenvalue weighted by molar-refractivity contribution is 7.21. The van der Waals surface area contributed by atoms with Gasteiger partial charge < -0.3 is 10.4 Å². The van der Waals surface area contributed by atoms with Crippen molar-refractivity contribution in [1.29, 1.82) is 0 Å². The molecular weight excluding hydrogens is 282 g/mol. The fourth-order valence-corrected chi connectivity index (χ4v) is 3.37. The van der Waals surface area contributed by atoms with Crippen molar-refractivity contribution in [2.24, 2.45) is 0 Å². The Balaban J connectivity index is 2.24. The average Bonchev–Trinajstić information content (AvgIpc) is 2.76. The normalized spacial score (nSPS) is 12.6. The van der Waals surface area contributed by atoms with E-state index in [1.165, 1.54) is 11.3 Å². The van der Waals surface area contributed by atoms with Gasteiger partial charge in [0.2, 0.25) is 0 Å². The summed E-state index contributed by atoms with van der Waals surface area (Å²) in [7, 11) is 0. The number of aliphatic hydroxyl groups is 1. The van der Waals surface area contributed by atoms with Crippen molar-refractivity contribution < 1.29 is 9.90 Å². The molecule has 2 aromatic rings. The minimum absolute atomic E-state index is 0.0150. The lowest BCUT2D eigenvalue weighted by Crippen LogP contribution is -2.34. The lowest BCUT2D eigenvalue weighted by Gasteiger charge is -2.14. The maximum Gasteiger partial charge on any atom is 0.263 e. The van der Waals surface area contributed by atoms with Crippen LogP contribution in [0.4, 0.5) is 0 Å². The molecule has 0 bridgehead atoms. The second kappa shape index (κ2) is 6.37. The van der Waals surface area contributed by atoms with Crippen LogP contribution in [0.25, 0.3) is 10.1 Å². The maximum atomic E-state index is 12.2. The summed E-state index contributed by atoms with van der Waals surface area (Å²) in [6, 6.07) is 7.68. The van der Waals surface area contributed by atoms with Gasteiger partial charge in [0.25, 0.3) is 5.91 Å². The van der Waals surface area contributed by atoms with E-state index in [1.807, 2.05) is 31.2 Å². The molecular formula is C14H16ClNO2S. The van der Waals surface area contributed by atoms with E-state index >= 15 is 0 Å². The fourth-order valence-electron chi connectivity index (χ4n) is 1.95. The summed E-state index contributed by atoms with van der Waals surface area (Å²) in [6.07, 6.45) is 1.35. The van der Waals surface area contributed by atoms with Crippen molar-refractivity contribution >= 4 is 38.9 Å². The van der Waals surface area contributed by atoms with Crippen LogP contribution in [0.1, 0.15) is 29.4 Å². The minimum Gasteiger partial charge on any atom is -0.396 e. The van der Waals surface area contributed by atoms with Gasteiger partial charge >= 0.3 is 0 Å². The number of nitrogens with one attached hydrogen (secondary N) is 1. The molecule has 1 atom stereocenters. The highest BCUT2D eigenvalue weighted by Crippen LogP contribution is 2.35. The summed E-state index contributed by atoms with van der Waals surface area (Å²) in [5.74, 6) is -0.161. The zero-order chi connectivity index (χ0) is 13.8. The van der Waals surface area contributed by atoms with Crippen LogP contribution >= 0.6 is 22.9 Å². The van der Waals surface area contributed by atoms with Crippen LogP contribution in [-0.4, -0.2) is 23.7 Å². The molecule has 2 rings (SSSR count). The first-order chi connectivity index (χ1) is 9.17. The molecule has 2 N–H and O–H groups in total. The number of fused-ring (bicyclic) bond motifs is 1. The van der Waals surface area contributed by atoms with Gasteiger partial charge in [-0.25, -0.2) is 0 Å². The number of hydrogen-bond donors (Lipinski definition) is 2. The quantitative estimate of drug-likeness (QED) is 0.888. The number of hydrogen-bond acceptors (Lipinski definition) is 3. The Labute approximate surface area is 121 Å². The van der Waals surface area contributed by atoms with Crippen LogP contribution in [-0.2, 0) is 0 Å². The Morgan fingerprint density at radius 2 is 2.21 bits per heavy atom. The maximum absolute atomic E-state index is 12.2. The molecule has 0 saturated heterocycles. The fraction of sp³-hybridized carbons (Fsp3) is 0.357. The molecule has 1 heterocycles. The average molecular weight is 298 g/mol. The van der Waals surface area contributed by atoms with Crippen LogP contribution in [0, 0.1) is 0 Å². The Kier molecular flexibility index (Phi) is 4.80. The number of benzene rings is 1. The Bertz CT molecular complexity index is 582. The molecule has 0 aliphatic carbocycles. The number of thiophene rings is 1. The van der Waals surface area contributed by atoms with Crippen molar-refractivity contribution in [2.75, 3.05) is 6.61 Å². The van der Waals surface area contributed by atoms with E-state index in [-0.39, 0.29) is 18.6 Å². The molecule has 1 aromatic carbocycles. The van der Waals surface area contributed by atoms with Gasteiger partial charge in [0, 0.05) is 22.7 Å². The van der Waals surface area contributed by atoms with Crippen LogP contribution in [0.3, 0.4) is 0 Å². The SMILES string of the molecule is CCC(CCO)NC(=O)c1sc2ccccc2c1Cl. The van der Waals surface area contributed by atoms with Crippen molar-refractivity contribution in [3.05, 3.63) is 34.2 Å². The summed E-state index contributed by atoms with van der Waals surface area (Å²) < 4.78 is 1.01. The summed E-state index contributed by atoms with van der Waals surface area (Å²) in [5, 5.41) is 13.3. The molecule has 0 saturated carbocycles. The third kappa shape index (κ3) is 3.08. The van der Waals surface area contributed by atoms with Gasteiger partial charge in [0.1, 0.15) is 4.88 Å². The first kappa shape index (κ1) is 14.3. The van der Waals surface area contributed by atoms with E-state index in [0.29, 0.717) is 16.3 Å². The van der Waals surface area contributed by atoms with E-state index in [9.17, 15) is 4.79 Å². The lowest BCUT2D eigenvalue weighted by atomic mass is 10.1. The first-order valence-corrected chi connectivity index (χ1v) is 7.45. The Morgan fingerprint density at radius 1 is 1.47 bits per heavy atom. The topological polar surface area (TPSA) is 49.3 Å². The number of rotatable bonds is 5. The standard InChI is InChI=1S/C14H16ClNO2S/c1-2-9(7-8-17)16-14(18)13-12(15)10-5-3-4-6-11(10)19-13/h3-6,9,17H,2,7-8H2,1H3,(H,16,18). The predicted octanol–water partition coefficient (Wildman–Crippen LogP) is 3.45. The van der Waals surface area contributed by atoms with E-state index in [4.69, 9.17) is 16.7 Å². The summed E-state index contributed by atoms with van der Waals surface area (Å²) in [6.45, 7) is 2.05. The molecule has 0 radical (unpaired) electrons. The predicted molar refractivity (Wildman–Crippen MR) is 80.1 cm³/mol. The van der Waals surface area contributed by atoms with Crippen LogP contribution in [0.15, 0.2) is 24.3 Å². The van der Waals surface area contributed by atoms with E-state index in [1.54, 1.807) is 0 Å². The van der Waals surface area contributed by atoms with Gasteiger partial charge in [-0.1, -0.05) is 36.7 Å². The first-order valence-electron chi connectivity index (χ1n) is 6.26.